The second kappa shape index (κ2) is 23.5. The summed E-state index contributed by atoms with van der Waals surface area (Å²) in [4.78, 5) is 34.2. The minimum Gasteiger partial charge on any atom is -0.379 e. The Labute approximate surface area is 234 Å². The van der Waals surface area contributed by atoms with Gasteiger partial charge >= 0.3 is 7.82 Å². The number of phosphoric acid groups is 1. The summed E-state index contributed by atoms with van der Waals surface area (Å²) >= 11 is 0. The molecule has 0 radical (unpaired) electrons. The Morgan fingerprint density at radius 3 is 1.82 bits per heavy atom. The number of hydrogen-bond acceptors (Lipinski definition) is 12. The van der Waals surface area contributed by atoms with Crippen LogP contribution >= 0.6 is 29.4 Å². The minimum atomic E-state index is -4.09. The van der Waals surface area contributed by atoms with Crippen LogP contribution in [0.4, 0.5) is 0 Å². The van der Waals surface area contributed by atoms with E-state index in [-0.39, 0.29) is 43.3 Å². The van der Waals surface area contributed by atoms with Gasteiger partial charge in [-0.15, -0.1) is 0 Å². The topological polar surface area (TPSA) is 139 Å². The van der Waals surface area contributed by atoms with Crippen LogP contribution in [-0.4, -0.2) is 119 Å². The number of carbonyl (C=O) groups is 2. The number of carbonyl (C=O) groups excluding carboxylic acids is 2. The summed E-state index contributed by atoms with van der Waals surface area (Å²) < 4.78 is 48.3. The van der Waals surface area contributed by atoms with Crippen LogP contribution < -0.4 is 0 Å². The minimum absolute atomic E-state index is 0.0556. The van der Waals surface area contributed by atoms with Crippen molar-refractivity contribution in [1.82, 2.24) is 4.90 Å². The second-order valence-corrected chi connectivity index (χ2v) is 12.2. The number of nitrogens with zero attached hydrogens (tertiary/aromatic N) is 1. The molecule has 2 unspecified atom stereocenters. The van der Waals surface area contributed by atoms with E-state index in [1.807, 2.05) is 6.92 Å². The number of amides is 2. The monoisotopic (exact) mass is 605 g/mol. The molecule has 1 aliphatic rings. The Bertz CT molecular complexity index is 677. The highest BCUT2D eigenvalue weighted by Crippen LogP contribution is 2.43. The summed E-state index contributed by atoms with van der Waals surface area (Å²) in [6.07, 6.45) is 3.66. The van der Waals surface area contributed by atoms with E-state index in [9.17, 15) is 19.0 Å². The quantitative estimate of drug-likeness (QED) is 0.0636. The van der Waals surface area contributed by atoms with Gasteiger partial charge in [-0.3, -0.25) is 23.5 Å². The Morgan fingerprint density at radius 2 is 1.29 bits per heavy atom. The van der Waals surface area contributed by atoms with E-state index in [1.54, 1.807) is 10.8 Å². The van der Waals surface area contributed by atoms with Crippen LogP contribution in [0, 0.1) is 0 Å². The zero-order valence-corrected chi connectivity index (χ0v) is 25.1. The van der Waals surface area contributed by atoms with E-state index in [1.165, 1.54) is 22.7 Å². The van der Waals surface area contributed by atoms with Crippen molar-refractivity contribution in [2.24, 2.45) is 0 Å². The smallest absolute Gasteiger partial charge is 0.379 e. The molecule has 0 aromatic rings. The van der Waals surface area contributed by atoms with Gasteiger partial charge in [-0.1, -0.05) is 34.4 Å². The van der Waals surface area contributed by atoms with Crippen LogP contribution in [0.5, 0.6) is 0 Å². The van der Waals surface area contributed by atoms with E-state index in [0.29, 0.717) is 65.9 Å². The maximum atomic E-state index is 11.9. The fraction of sp³-hybridized carbons (Fsp3) is 0.913. The normalized spacial score (nSPS) is 17.4. The summed E-state index contributed by atoms with van der Waals surface area (Å²) in [5.74, 6) is 0.629. The van der Waals surface area contributed by atoms with E-state index in [4.69, 9.17) is 32.7 Å². The van der Waals surface area contributed by atoms with Gasteiger partial charge < -0.3 is 28.6 Å². The Morgan fingerprint density at radius 1 is 0.789 bits per heavy atom. The number of unbranched alkanes of at least 4 members (excludes halogenated alkanes) is 3. The predicted molar refractivity (Wildman–Crippen MR) is 146 cm³/mol. The number of ether oxygens (including phenoxy) is 5. The van der Waals surface area contributed by atoms with Gasteiger partial charge in [-0.25, -0.2) is 4.57 Å². The third kappa shape index (κ3) is 18.9. The third-order valence-electron chi connectivity index (χ3n) is 5.08. The molecular formula is C23H44NO11PS2. The highest BCUT2D eigenvalue weighted by Gasteiger charge is 2.36. The molecule has 1 saturated heterocycles. The van der Waals surface area contributed by atoms with Crippen LogP contribution in [0.3, 0.4) is 0 Å². The van der Waals surface area contributed by atoms with Crippen LogP contribution in [0.1, 0.15) is 39.0 Å². The molecule has 1 heterocycles. The first-order valence-corrected chi connectivity index (χ1v) is 16.8. The lowest BCUT2D eigenvalue weighted by atomic mass is 10.2. The highest BCUT2D eigenvalue weighted by molar-refractivity contribution is 8.77. The lowest BCUT2D eigenvalue weighted by molar-refractivity contribution is -0.136. The van der Waals surface area contributed by atoms with Gasteiger partial charge in [0.05, 0.1) is 72.7 Å². The molecule has 0 aromatic heterocycles. The molecule has 1 fully saturated rings. The summed E-state index contributed by atoms with van der Waals surface area (Å²) in [5, 5.41) is -0.277. The zero-order valence-electron chi connectivity index (χ0n) is 22.5. The first-order valence-electron chi connectivity index (χ1n) is 13.0. The first kappa shape index (κ1) is 35.8. The van der Waals surface area contributed by atoms with Crippen molar-refractivity contribution in [2.75, 3.05) is 92.1 Å². The van der Waals surface area contributed by atoms with Crippen LogP contribution in [0.25, 0.3) is 0 Å². The Hall–Kier alpha value is -0.250. The molecule has 15 heteroatoms. The van der Waals surface area contributed by atoms with Crippen molar-refractivity contribution in [3.05, 3.63) is 0 Å². The largest absolute Gasteiger partial charge is 0.472 e. The third-order valence-corrected chi connectivity index (χ3v) is 8.89. The molecule has 224 valence electrons. The number of phosphoric ester groups is 1. The second-order valence-electron chi connectivity index (χ2n) is 8.10. The maximum Gasteiger partial charge on any atom is 0.472 e. The van der Waals surface area contributed by atoms with Gasteiger partial charge in [0.25, 0.3) is 0 Å². The molecule has 0 bridgehead atoms. The molecule has 0 aliphatic carbocycles. The molecular weight excluding hydrogens is 561 g/mol. The molecule has 2 amide bonds. The van der Waals surface area contributed by atoms with Gasteiger partial charge in [-0.2, -0.15) is 0 Å². The van der Waals surface area contributed by atoms with Gasteiger partial charge in [-0.05, 0) is 19.8 Å². The van der Waals surface area contributed by atoms with Crippen molar-refractivity contribution in [1.29, 1.82) is 0 Å². The van der Waals surface area contributed by atoms with Gasteiger partial charge in [0.1, 0.15) is 5.25 Å². The molecule has 0 saturated carbocycles. The number of rotatable bonds is 27. The number of hydrogen-bond donors (Lipinski definition) is 1. The lowest BCUT2D eigenvalue weighted by Crippen LogP contribution is -2.26. The van der Waals surface area contributed by atoms with Crippen LogP contribution in [0.2, 0.25) is 0 Å². The fourth-order valence-corrected chi connectivity index (χ4v) is 6.36. The predicted octanol–water partition coefficient (Wildman–Crippen LogP) is 2.92. The van der Waals surface area contributed by atoms with Gasteiger partial charge in [0, 0.05) is 25.8 Å². The molecule has 0 spiro atoms. The van der Waals surface area contributed by atoms with E-state index in [0.717, 1.165) is 25.0 Å². The van der Waals surface area contributed by atoms with Crippen LogP contribution in [-0.2, 0) is 46.9 Å². The molecule has 2 atom stereocenters. The highest BCUT2D eigenvalue weighted by atomic mass is 33.1. The average Bonchev–Trinajstić information content (AvgIpc) is 3.13. The fourth-order valence-electron chi connectivity index (χ4n) is 3.00. The molecule has 1 N–H and O–H groups in total. The molecule has 12 nitrogen and oxygen atoms in total. The summed E-state index contributed by atoms with van der Waals surface area (Å²) in [5.41, 5.74) is 0. The first-order chi connectivity index (χ1) is 18.4. The van der Waals surface area contributed by atoms with Crippen molar-refractivity contribution < 1.29 is 51.8 Å². The van der Waals surface area contributed by atoms with E-state index < -0.39 is 7.82 Å². The molecule has 1 rings (SSSR count). The lowest BCUT2D eigenvalue weighted by Gasteiger charge is -2.12. The average molecular weight is 606 g/mol. The standard InChI is InChI=1S/C23H44NO11PS2/c1-3-29-9-10-30-11-12-31-13-14-32-15-16-33-17-18-35-36(27,28)34-8-6-4-5-7-19-37-38-21-20-22(25)24(2)23(21)26/h21H,3-20H2,1-2H3,(H,27,28). The summed E-state index contributed by atoms with van der Waals surface area (Å²) in [6.45, 7) is 6.64. The molecule has 0 aromatic carbocycles. The SMILES string of the molecule is CCOCCOCCOCCOCCOCCOP(=O)(O)OCCCCCCSSC1CC(=O)N(C)C1=O. The van der Waals surface area contributed by atoms with Crippen molar-refractivity contribution in [3.8, 4) is 0 Å². The summed E-state index contributed by atoms with van der Waals surface area (Å²) in [7, 11) is 0.482. The zero-order chi connectivity index (χ0) is 27.9. The summed E-state index contributed by atoms with van der Waals surface area (Å²) in [6, 6.07) is 0. The maximum absolute atomic E-state index is 11.9. The van der Waals surface area contributed by atoms with Gasteiger partial charge in [0.2, 0.25) is 11.8 Å². The Balaban J connectivity index is 1.81. The van der Waals surface area contributed by atoms with Crippen molar-refractivity contribution >= 4 is 41.2 Å². The molecule has 38 heavy (non-hydrogen) atoms. The van der Waals surface area contributed by atoms with Crippen LogP contribution in [0.15, 0.2) is 0 Å². The van der Waals surface area contributed by atoms with E-state index >= 15 is 0 Å². The van der Waals surface area contributed by atoms with Gasteiger partial charge in [0.15, 0.2) is 0 Å². The Kier molecular flexibility index (Phi) is 22.1. The van der Waals surface area contributed by atoms with Crippen molar-refractivity contribution in [3.63, 3.8) is 0 Å². The van der Waals surface area contributed by atoms with E-state index in [2.05, 4.69) is 0 Å². The molecule has 1 aliphatic heterocycles. The van der Waals surface area contributed by atoms with Crippen molar-refractivity contribution in [2.45, 2.75) is 44.3 Å². The number of likely N-dealkylation sites (tertiary alicyclic amines) is 1. The number of imide groups is 1.